The fourth-order valence-electron chi connectivity index (χ4n) is 2.13. The summed E-state index contributed by atoms with van der Waals surface area (Å²) in [6, 6.07) is 0. The molecule has 1 aromatic heterocycles. The first-order chi connectivity index (χ1) is 10.0. The third-order valence-electron chi connectivity index (χ3n) is 3.56. The van der Waals surface area contributed by atoms with Crippen LogP contribution in [0, 0.1) is 13.8 Å². The van der Waals surface area contributed by atoms with Crippen molar-refractivity contribution >= 4 is 5.84 Å². The first-order valence-electron chi connectivity index (χ1n) is 7.49. The van der Waals surface area contributed by atoms with Crippen LogP contribution in [0.1, 0.15) is 62.8 Å². The molecule has 3 N–H and O–H groups in total. The Morgan fingerprint density at radius 1 is 1.29 bits per heavy atom. The average Bonchev–Trinajstić information content (AvgIpc) is 2.47. The van der Waals surface area contributed by atoms with E-state index in [0.717, 1.165) is 24.1 Å². The zero-order chi connectivity index (χ0) is 15.8. The lowest BCUT2D eigenvalue weighted by molar-refractivity contribution is 0.195. The summed E-state index contributed by atoms with van der Waals surface area (Å²) in [6.45, 7) is 7.87. The molecule has 0 bridgehead atoms. The molecule has 0 aromatic carbocycles. The van der Waals surface area contributed by atoms with E-state index in [1.807, 2.05) is 20.8 Å². The highest BCUT2D eigenvalue weighted by Gasteiger charge is 2.18. The van der Waals surface area contributed by atoms with Gasteiger partial charge in [-0.25, -0.2) is 0 Å². The lowest BCUT2D eigenvalue weighted by atomic mass is 10.1. The van der Waals surface area contributed by atoms with Gasteiger partial charge in [0.1, 0.15) is 0 Å². The van der Waals surface area contributed by atoms with Crippen LogP contribution in [0.4, 0.5) is 0 Å². The van der Waals surface area contributed by atoms with Gasteiger partial charge >= 0.3 is 0 Å². The Labute approximate surface area is 126 Å². The van der Waals surface area contributed by atoms with Gasteiger partial charge < -0.3 is 15.7 Å². The number of nitrogens with zero attached hydrogens (tertiary/aromatic N) is 3. The van der Waals surface area contributed by atoms with E-state index in [1.165, 1.54) is 19.3 Å². The Bertz CT molecular complexity index is 489. The maximum absolute atomic E-state index is 8.92. The highest BCUT2D eigenvalue weighted by molar-refractivity contribution is 6.00. The summed E-state index contributed by atoms with van der Waals surface area (Å²) in [4.78, 5) is 0. The van der Waals surface area contributed by atoms with E-state index in [2.05, 4.69) is 22.3 Å². The predicted octanol–water partition coefficient (Wildman–Crippen LogP) is 2.93. The van der Waals surface area contributed by atoms with E-state index in [9.17, 15) is 0 Å². The summed E-state index contributed by atoms with van der Waals surface area (Å²) in [7, 11) is 0. The second-order valence-electron chi connectivity index (χ2n) is 5.35. The third-order valence-corrected chi connectivity index (χ3v) is 3.56. The molecule has 1 unspecified atom stereocenters. The van der Waals surface area contributed by atoms with Gasteiger partial charge in [0.15, 0.2) is 5.84 Å². The molecule has 0 saturated carbocycles. The van der Waals surface area contributed by atoms with Crippen LogP contribution >= 0.6 is 0 Å². The van der Waals surface area contributed by atoms with Crippen molar-refractivity contribution in [3.63, 3.8) is 0 Å². The van der Waals surface area contributed by atoms with Crippen LogP contribution in [0.25, 0.3) is 0 Å². The quantitative estimate of drug-likeness (QED) is 0.253. The predicted molar refractivity (Wildman–Crippen MR) is 82.9 cm³/mol. The van der Waals surface area contributed by atoms with Crippen LogP contribution in [-0.4, -0.2) is 27.3 Å². The summed E-state index contributed by atoms with van der Waals surface area (Å²) < 4.78 is 5.84. The summed E-state index contributed by atoms with van der Waals surface area (Å²) in [5.41, 5.74) is 7.80. The Morgan fingerprint density at radius 3 is 2.62 bits per heavy atom. The van der Waals surface area contributed by atoms with Gasteiger partial charge in [-0.1, -0.05) is 31.3 Å². The molecule has 0 spiro atoms. The number of hydrogen-bond donors (Lipinski definition) is 2. The summed E-state index contributed by atoms with van der Waals surface area (Å²) in [6.07, 6.45) is 5.74. The van der Waals surface area contributed by atoms with Crippen LogP contribution in [-0.2, 0) is 0 Å². The van der Waals surface area contributed by atoms with Crippen molar-refractivity contribution in [2.45, 2.75) is 65.9 Å². The summed E-state index contributed by atoms with van der Waals surface area (Å²) in [5, 5.41) is 20.1. The zero-order valence-electron chi connectivity index (χ0n) is 13.4. The van der Waals surface area contributed by atoms with Gasteiger partial charge in [0, 0.05) is 0 Å². The molecular weight excluding hydrogens is 268 g/mol. The molecule has 1 rings (SSSR count). The summed E-state index contributed by atoms with van der Waals surface area (Å²) >= 11 is 0. The molecule has 1 heterocycles. The van der Waals surface area contributed by atoms with Gasteiger partial charge in [0.2, 0.25) is 5.88 Å². The molecule has 0 amide bonds. The van der Waals surface area contributed by atoms with E-state index in [1.54, 1.807) is 0 Å². The number of hydrogen-bond acceptors (Lipinski definition) is 5. The first kappa shape index (κ1) is 17.2. The molecule has 0 fully saturated rings. The van der Waals surface area contributed by atoms with Gasteiger partial charge in [0.25, 0.3) is 0 Å². The van der Waals surface area contributed by atoms with Crippen molar-refractivity contribution in [1.29, 1.82) is 0 Å². The number of oxime groups is 1. The number of rotatable bonds is 8. The first-order valence-corrected chi connectivity index (χ1v) is 7.49. The molecule has 0 radical (unpaired) electrons. The van der Waals surface area contributed by atoms with Gasteiger partial charge in [-0.3, -0.25) is 0 Å². The van der Waals surface area contributed by atoms with Crippen molar-refractivity contribution in [3.8, 4) is 5.88 Å². The second-order valence-corrected chi connectivity index (χ2v) is 5.35. The Balaban J connectivity index is 2.81. The molecule has 21 heavy (non-hydrogen) atoms. The molecule has 1 atom stereocenters. The maximum Gasteiger partial charge on any atom is 0.245 e. The van der Waals surface area contributed by atoms with Crippen molar-refractivity contribution in [2.75, 3.05) is 0 Å². The molecular formula is C15H26N4O2. The molecule has 0 saturated heterocycles. The lowest BCUT2D eigenvalue weighted by Crippen LogP contribution is -2.21. The SMILES string of the molecule is CCCCCCC(C)Oc1nnc(C)c(C)c1/C(N)=N/O. The number of aryl methyl sites for hydroxylation is 1. The van der Waals surface area contributed by atoms with Crippen LogP contribution in [0.3, 0.4) is 0 Å². The van der Waals surface area contributed by atoms with Crippen molar-refractivity contribution in [3.05, 3.63) is 16.8 Å². The minimum Gasteiger partial charge on any atom is -0.473 e. The second kappa shape index (κ2) is 8.44. The van der Waals surface area contributed by atoms with Crippen LogP contribution in [0.5, 0.6) is 5.88 Å². The molecule has 6 nitrogen and oxygen atoms in total. The molecule has 1 aromatic rings. The topological polar surface area (TPSA) is 93.6 Å². The largest absolute Gasteiger partial charge is 0.473 e. The standard InChI is InChI=1S/C15H26N4O2/c1-5-6-7-8-9-10(2)21-15-13(14(16)19-20)11(3)12(4)17-18-15/h10,20H,5-9H2,1-4H3,(H2,16,19). The van der Waals surface area contributed by atoms with Crippen LogP contribution in [0.2, 0.25) is 0 Å². The average molecular weight is 294 g/mol. The maximum atomic E-state index is 8.92. The minimum atomic E-state index is -0.00122. The zero-order valence-corrected chi connectivity index (χ0v) is 13.4. The van der Waals surface area contributed by atoms with Crippen LogP contribution < -0.4 is 10.5 Å². The van der Waals surface area contributed by atoms with Gasteiger partial charge in [0.05, 0.1) is 17.4 Å². The van der Waals surface area contributed by atoms with E-state index in [-0.39, 0.29) is 11.9 Å². The summed E-state index contributed by atoms with van der Waals surface area (Å²) in [5.74, 6) is 0.329. The minimum absolute atomic E-state index is 0.00122. The smallest absolute Gasteiger partial charge is 0.245 e. The highest BCUT2D eigenvalue weighted by atomic mass is 16.5. The Hall–Kier alpha value is -1.85. The number of ether oxygens (including phenoxy) is 1. The number of nitrogens with two attached hydrogens (primary N) is 1. The van der Waals surface area contributed by atoms with E-state index < -0.39 is 0 Å². The monoisotopic (exact) mass is 294 g/mol. The van der Waals surface area contributed by atoms with E-state index in [4.69, 9.17) is 15.7 Å². The molecule has 0 aliphatic heterocycles. The van der Waals surface area contributed by atoms with Crippen LogP contribution in [0.15, 0.2) is 5.16 Å². The Morgan fingerprint density at radius 2 is 2.00 bits per heavy atom. The van der Waals surface area contributed by atoms with E-state index in [0.29, 0.717) is 11.4 Å². The highest BCUT2D eigenvalue weighted by Crippen LogP contribution is 2.22. The fraction of sp³-hybridized carbons (Fsp3) is 0.667. The van der Waals surface area contributed by atoms with Crippen molar-refractivity contribution in [1.82, 2.24) is 10.2 Å². The molecule has 118 valence electrons. The fourth-order valence-corrected chi connectivity index (χ4v) is 2.13. The van der Waals surface area contributed by atoms with Crippen molar-refractivity contribution in [2.24, 2.45) is 10.9 Å². The van der Waals surface area contributed by atoms with Gasteiger partial charge in [-0.15, -0.1) is 5.10 Å². The Kier molecular flexibility index (Phi) is 6.91. The number of amidine groups is 1. The number of aromatic nitrogens is 2. The molecule has 0 aliphatic carbocycles. The number of unbranched alkanes of at least 4 members (excludes halogenated alkanes) is 3. The van der Waals surface area contributed by atoms with Gasteiger partial charge in [-0.2, -0.15) is 5.10 Å². The molecule has 0 aliphatic rings. The molecule has 6 heteroatoms. The van der Waals surface area contributed by atoms with Gasteiger partial charge in [-0.05, 0) is 39.2 Å². The third kappa shape index (κ3) is 4.88. The van der Waals surface area contributed by atoms with E-state index >= 15 is 0 Å². The van der Waals surface area contributed by atoms with Crippen molar-refractivity contribution < 1.29 is 9.94 Å². The lowest BCUT2D eigenvalue weighted by Gasteiger charge is -2.17. The normalized spacial score (nSPS) is 13.2.